The highest BCUT2D eigenvalue weighted by Gasteiger charge is 2.38. The molecule has 1 aromatic carbocycles. The fourth-order valence-electron chi connectivity index (χ4n) is 5.07. The standard InChI is InChI=1S/C28H41N7O2.C2HF3O2/c1-22(2)33-15-17-35(18-16-33)26-20-23(3)19-24(21-26)31-28(37)27(36)30-7-4-10-32-11-13-34(14-12-32)25-5-8-29-9-6-25;3-2(4,5)1(6)7/h5-6,8-9,19-22H,4,7,10-18H2,1-3H3,(H,30,36)(H,31,37);(H,6,7). The number of amides is 2. The van der Waals surface area contributed by atoms with Gasteiger partial charge in [-0.25, -0.2) is 4.79 Å². The lowest BCUT2D eigenvalue weighted by atomic mass is 10.1. The van der Waals surface area contributed by atoms with Crippen LogP contribution in [0.1, 0.15) is 25.8 Å². The molecule has 2 aliphatic heterocycles. The Morgan fingerprint density at radius 3 is 2.02 bits per heavy atom. The van der Waals surface area contributed by atoms with E-state index in [1.165, 1.54) is 5.69 Å². The normalized spacial score (nSPS) is 16.2. The average molecular weight is 622 g/mol. The monoisotopic (exact) mass is 621 g/mol. The fourth-order valence-corrected chi connectivity index (χ4v) is 5.07. The van der Waals surface area contributed by atoms with E-state index in [2.05, 4.69) is 55.1 Å². The van der Waals surface area contributed by atoms with Gasteiger partial charge >= 0.3 is 24.0 Å². The Morgan fingerprint density at radius 2 is 1.45 bits per heavy atom. The first-order valence-corrected chi connectivity index (χ1v) is 14.7. The van der Waals surface area contributed by atoms with Crippen LogP contribution in [0, 0.1) is 6.92 Å². The van der Waals surface area contributed by atoms with E-state index in [0.29, 0.717) is 18.3 Å². The molecule has 0 bridgehead atoms. The van der Waals surface area contributed by atoms with Crippen LogP contribution < -0.4 is 20.4 Å². The van der Waals surface area contributed by atoms with Gasteiger partial charge in [-0.05, 0) is 69.6 Å². The third-order valence-corrected chi connectivity index (χ3v) is 7.52. The zero-order chi connectivity index (χ0) is 32.3. The van der Waals surface area contributed by atoms with E-state index in [0.717, 1.165) is 76.6 Å². The van der Waals surface area contributed by atoms with Crippen molar-refractivity contribution in [3.63, 3.8) is 0 Å². The first kappa shape index (κ1) is 34.6. The van der Waals surface area contributed by atoms with Gasteiger partial charge in [0, 0.05) is 94.4 Å². The fraction of sp³-hybridized carbons (Fsp3) is 0.533. The molecule has 1 aromatic heterocycles. The van der Waals surface area contributed by atoms with Crippen molar-refractivity contribution in [2.24, 2.45) is 0 Å². The van der Waals surface area contributed by atoms with Gasteiger partial charge in [-0.3, -0.25) is 24.4 Å². The highest BCUT2D eigenvalue weighted by molar-refractivity contribution is 6.39. The molecule has 0 aliphatic carbocycles. The first-order chi connectivity index (χ1) is 20.8. The van der Waals surface area contributed by atoms with Gasteiger partial charge in [0.2, 0.25) is 0 Å². The maximum atomic E-state index is 12.5. The number of rotatable bonds is 8. The molecule has 0 saturated carbocycles. The quantitative estimate of drug-likeness (QED) is 0.302. The molecule has 14 heteroatoms. The molecule has 0 spiro atoms. The maximum Gasteiger partial charge on any atom is 0.490 e. The Hall–Kier alpha value is -3.91. The second-order valence-electron chi connectivity index (χ2n) is 11.1. The molecule has 2 aliphatic rings. The summed E-state index contributed by atoms with van der Waals surface area (Å²) in [6.07, 6.45) is -0.619. The zero-order valence-electron chi connectivity index (χ0n) is 25.4. The van der Waals surface area contributed by atoms with E-state index in [1.807, 2.05) is 43.6 Å². The van der Waals surface area contributed by atoms with Crippen LogP contribution in [-0.4, -0.2) is 115 Å². The molecule has 0 atom stereocenters. The molecule has 2 aromatic rings. The summed E-state index contributed by atoms with van der Waals surface area (Å²) in [5.74, 6) is -3.96. The summed E-state index contributed by atoms with van der Waals surface area (Å²) in [5.41, 5.74) is 4.02. The Labute approximate surface area is 256 Å². The number of hydrogen-bond donors (Lipinski definition) is 3. The molecule has 0 radical (unpaired) electrons. The highest BCUT2D eigenvalue weighted by atomic mass is 19.4. The van der Waals surface area contributed by atoms with E-state index < -0.39 is 24.0 Å². The third kappa shape index (κ3) is 11.0. The number of anilines is 3. The number of halogens is 3. The molecule has 4 rings (SSSR count). The van der Waals surface area contributed by atoms with Crippen LogP contribution in [0.25, 0.3) is 0 Å². The number of carbonyl (C=O) groups is 3. The van der Waals surface area contributed by atoms with Crippen molar-refractivity contribution in [2.45, 2.75) is 39.4 Å². The van der Waals surface area contributed by atoms with E-state index >= 15 is 0 Å². The topological polar surface area (TPSA) is 121 Å². The molecule has 0 unspecified atom stereocenters. The minimum atomic E-state index is -5.08. The van der Waals surface area contributed by atoms with Crippen LogP contribution in [0.3, 0.4) is 0 Å². The van der Waals surface area contributed by atoms with E-state index in [-0.39, 0.29) is 0 Å². The molecular formula is C30H42F3N7O4. The van der Waals surface area contributed by atoms with Crippen LogP contribution in [0.15, 0.2) is 42.7 Å². The summed E-state index contributed by atoms with van der Waals surface area (Å²) >= 11 is 0. The van der Waals surface area contributed by atoms with Crippen molar-refractivity contribution in [3.05, 3.63) is 48.3 Å². The number of carboxylic acids is 1. The van der Waals surface area contributed by atoms with Gasteiger partial charge in [0.05, 0.1) is 0 Å². The van der Waals surface area contributed by atoms with Crippen molar-refractivity contribution in [3.8, 4) is 0 Å². The number of nitrogens with one attached hydrogen (secondary N) is 2. The second-order valence-corrected chi connectivity index (χ2v) is 11.1. The van der Waals surface area contributed by atoms with Gasteiger partial charge in [0.25, 0.3) is 0 Å². The van der Waals surface area contributed by atoms with E-state index in [1.54, 1.807) is 0 Å². The summed E-state index contributed by atoms with van der Waals surface area (Å²) in [4.78, 5) is 47.5. The van der Waals surface area contributed by atoms with Crippen LogP contribution in [0.4, 0.5) is 30.2 Å². The maximum absolute atomic E-state index is 12.5. The lowest BCUT2D eigenvalue weighted by molar-refractivity contribution is -0.192. The van der Waals surface area contributed by atoms with Crippen molar-refractivity contribution in [1.29, 1.82) is 0 Å². The number of pyridine rings is 1. The molecule has 242 valence electrons. The Balaban J connectivity index is 0.000000676. The molecule has 2 fully saturated rings. The number of aliphatic carboxylic acids is 1. The predicted octanol–water partition coefficient (Wildman–Crippen LogP) is 2.82. The number of hydrogen-bond acceptors (Lipinski definition) is 8. The van der Waals surface area contributed by atoms with Crippen molar-refractivity contribution in [1.82, 2.24) is 20.1 Å². The molecule has 2 amide bonds. The van der Waals surface area contributed by atoms with Gasteiger partial charge in [-0.1, -0.05) is 0 Å². The number of aryl methyl sites for hydroxylation is 1. The SMILES string of the molecule is Cc1cc(NC(=O)C(=O)NCCCN2CCN(c3ccncc3)CC2)cc(N2CCN(C(C)C)CC2)c1.O=C(O)C(F)(F)F. The molecule has 44 heavy (non-hydrogen) atoms. The van der Waals surface area contributed by atoms with E-state index in [4.69, 9.17) is 9.90 Å². The van der Waals surface area contributed by atoms with Crippen LogP contribution in [0.2, 0.25) is 0 Å². The number of carboxylic acid groups (broad SMARTS) is 1. The largest absolute Gasteiger partial charge is 0.490 e. The van der Waals surface area contributed by atoms with Crippen LogP contribution in [-0.2, 0) is 14.4 Å². The smallest absolute Gasteiger partial charge is 0.475 e. The van der Waals surface area contributed by atoms with Gasteiger partial charge in [0.1, 0.15) is 0 Å². The minimum absolute atomic E-state index is 0.482. The van der Waals surface area contributed by atoms with Crippen molar-refractivity contribution < 1.29 is 32.7 Å². The van der Waals surface area contributed by atoms with Gasteiger partial charge in [-0.2, -0.15) is 13.2 Å². The summed E-state index contributed by atoms with van der Waals surface area (Å²) in [5, 5.41) is 12.7. The van der Waals surface area contributed by atoms with Crippen molar-refractivity contribution >= 4 is 34.8 Å². The lowest BCUT2D eigenvalue weighted by Gasteiger charge is -2.38. The second kappa shape index (κ2) is 16.2. The number of benzene rings is 1. The van der Waals surface area contributed by atoms with Crippen LogP contribution >= 0.6 is 0 Å². The lowest BCUT2D eigenvalue weighted by Crippen LogP contribution is -2.48. The Morgan fingerprint density at radius 1 is 0.886 bits per heavy atom. The number of alkyl halides is 3. The van der Waals surface area contributed by atoms with Gasteiger partial charge < -0.3 is 25.5 Å². The average Bonchev–Trinajstić information content (AvgIpc) is 2.99. The van der Waals surface area contributed by atoms with Gasteiger partial charge in [-0.15, -0.1) is 0 Å². The predicted molar refractivity (Wildman–Crippen MR) is 163 cm³/mol. The molecular weight excluding hydrogens is 579 g/mol. The number of piperazine rings is 2. The highest BCUT2D eigenvalue weighted by Crippen LogP contribution is 2.24. The molecule has 2 saturated heterocycles. The summed E-state index contributed by atoms with van der Waals surface area (Å²) in [6.45, 7) is 15.7. The molecule has 3 N–H and O–H groups in total. The zero-order valence-corrected chi connectivity index (χ0v) is 25.4. The number of aromatic nitrogens is 1. The van der Waals surface area contributed by atoms with E-state index in [9.17, 15) is 22.8 Å². The summed E-state index contributed by atoms with van der Waals surface area (Å²) < 4.78 is 31.7. The Bertz CT molecular complexity index is 1230. The summed E-state index contributed by atoms with van der Waals surface area (Å²) in [7, 11) is 0. The molecule has 3 heterocycles. The number of carbonyl (C=O) groups excluding carboxylic acids is 2. The summed E-state index contributed by atoms with van der Waals surface area (Å²) in [6, 6.07) is 10.6. The van der Waals surface area contributed by atoms with Crippen LogP contribution in [0.5, 0.6) is 0 Å². The van der Waals surface area contributed by atoms with Crippen molar-refractivity contribution in [2.75, 3.05) is 80.6 Å². The first-order valence-electron chi connectivity index (χ1n) is 14.7. The Kier molecular flexibility index (Phi) is 12.8. The minimum Gasteiger partial charge on any atom is -0.475 e. The number of nitrogens with zero attached hydrogens (tertiary/aromatic N) is 5. The molecule has 11 nitrogen and oxygen atoms in total. The third-order valence-electron chi connectivity index (χ3n) is 7.52. The van der Waals surface area contributed by atoms with Gasteiger partial charge in [0.15, 0.2) is 0 Å².